The summed E-state index contributed by atoms with van der Waals surface area (Å²) in [7, 11) is -1.63. The van der Waals surface area contributed by atoms with E-state index in [4.69, 9.17) is 0 Å². The van der Waals surface area contributed by atoms with Gasteiger partial charge in [-0.25, -0.2) is 0 Å². The highest BCUT2D eigenvalue weighted by atomic mass is 28.3. The fourth-order valence-corrected chi connectivity index (χ4v) is 9.48. The fourth-order valence-electron chi connectivity index (χ4n) is 4.67. The maximum atomic E-state index is 2.54. The molecule has 0 saturated carbocycles. The number of hydrogen-bond donors (Lipinski definition) is 0. The van der Waals surface area contributed by atoms with Crippen molar-refractivity contribution in [3.63, 3.8) is 0 Å². The highest BCUT2D eigenvalue weighted by Crippen LogP contribution is 2.41. The largest absolute Gasteiger partial charge is 0.109 e. The molecule has 1 atom stereocenters. The van der Waals surface area contributed by atoms with Crippen molar-refractivity contribution in [1.29, 1.82) is 0 Å². The molecule has 0 amide bonds. The zero-order chi connectivity index (χ0) is 16.1. The van der Waals surface area contributed by atoms with Crippen LogP contribution in [0.3, 0.4) is 0 Å². The van der Waals surface area contributed by atoms with Crippen LogP contribution < -0.4 is 5.19 Å². The fraction of sp³-hybridized carbons (Fsp3) is 0.500. The first-order chi connectivity index (χ1) is 9.59. The Hall–Kier alpha value is -1.08. The molecule has 2 rings (SSSR count). The van der Waals surface area contributed by atoms with Gasteiger partial charge in [0.25, 0.3) is 0 Å². The van der Waals surface area contributed by atoms with Crippen molar-refractivity contribution in [2.75, 3.05) is 0 Å². The van der Waals surface area contributed by atoms with Crippen LogP contribution in [-0.2, 0) is 0 Å². The van der Waals surface area contributed by atoms with Gasteiger partial charge in [0.2, 0.25) is 0 Å². The average molecular weight is 299 g/mol. The van der Waals surface area contributed by atoms with E-state index in [2.05, 4.69) is 73.7 Å². The smallest absolute Gasteiger partial charge is 0.0662 e. The molecule has 0 aliphatic heterocycles. The van der Waals surface area contributed by atoms with E-state index in [1.54, 1.807) is 21.5 Å². The average Bonchev–Trinajstić information content (AvgIpc) is 2.52. The Morgan fingerprint density at radius 3 is 1.67 bits per heavy atom. The van der Waals surface area contributed by atoms with Crippen LogP contribution in [0.2, 0.25) is 13.1 Å². The van der Waals surface area contributed by atoms with Crippen molar-refractivity contribution in [1.82, 2.24) is 0 Å². The summed E-state index contributed by atoms with van der Waals surface area (Å²) in [6.45, 7) is 21.2. The van der Waals surface area contributed by atoms with Gasteiger partial charge < -0.3 is 0 Å². The van der Waals surface area contributed by atoms with Crippen molar-refractivity contribution in [2.24, 2.45) is 5.92 Å². The van der Waals surface area contributed by atoms with Gasteiger partial charge >= 0.3 is 0 Å². The molecule has 0 N–H and O–H groups in total. The molecule has 0 radical (unpaired) electrons. The summed E-state index contributed by atoms with van der Waals surface area (Å²) in [6.07, 6.45) is 0. The Balaban J connectivity index is 2.65. The predicted octanol–water partition coefficient (Wildman–Crippen LogP) is 5.37. The lowest BCUT2D eigenvalue weighted by molar-refractivity contribution is 0.849. The summed E-state index contributed by atoms with van der Waals surface area (Å²) in [6, 6.07) is 4.72. The lowest BCUT2D eigenvalue weighted by atomic mass is 10.1. The molecule has 0 saturated heterocycles. The van der Waals surface area contributed by atoms with E-state index < -0.39 is 8.07 Å². The zero-order valence-corrected chi connectivity index (χ0v) is 16.2. The van der Waals surface area contributed by atoms with E-state index in [-0.39, 0.29) is 0 Å². The Labute approximate surface area is 132 Å². The SMILES string of the molecule is CC1=C(C)C(C)C([Si](C)(C)c2c(C)cc(C)cc2C)=C1C. The summed E-state index contributed by atoms with van der Waals surface area (Å²) in [4.78, 5) is 0. The lowest BCUT2D eigenvalue weighted by Crippen LogP contribution is -2.48. The number of benzene rings is 1. The van der Waals surface area contributed by atoms with Gasteiger partial charge in [-0.05, 0) is 58.2 Å². The molecule has 0 spiro atoms. The third kappa shape index (κ3) is 2.46. The summed E-state index contributed by atoms with van der Waals surface area (Å²) < 4.78 is 0. The molecule has 0 heterocycles. The molecule has 21 heavy (non-hydrogen) atoms. The molecule has 1 aromatic rings. The Bertz CT molecular complexity index is 633. The van der Waals surface area contributed by atoms with Gasteiger partial charge in [-0.3, -0.25) is 0 Å². The molecule has 1 unspecified atom stereocenters. The van der Waals surface area contributed by atoms with Crippen molar-refractivity contribution in [2.45, 2.75) is 61.6 Å². The van der Waals surface area contributed by atoms with Crippen molar-refractivity contribution < 1.29 is 0 Å². The van der Waals surface area contributed by atoms with Gasteiger partial charge in [0.15, 0.2) is 0 Å². The standard InChI is InChI=1S/C20H30Si/c1-12-10-13(2)19(14(3)11-12)21(8,9)20-17(6)15(4)16(5)18(20)7/h10-11,17H,1-9H3. The maximum absolute atomic E-state index is 2.54. The van der Waals surface area contributed by atoms with Crippen LogP contribution in [0.15, 0.2) is 34.0 Å². The first kappa shape index (κ1) is 16.3. The van der Waals surface area contributed by atoms with Crippen molar-refractivity contribution in [3.05, 3.63) is 50.7 Å². The summed E-state index contributed by atoms with van der Waals surface area (Å²) in [5.41, 5.74) is 9.02. The zero-order valence-electron chi connectivity index (χ0n) is 15.2. The van der Waals surface area contributed by atoms with E-state index in [0.29, 0.717) is 5.92 Å². The monoisotopic (exact) mass is 298 g/mol. The second-order valence-electron chi connectivity index (χ2n) is 7.47. The third-order valence-electron chi connectivity index (χ3n) is 5.62. The number of rotatable bonds is 2. The molecule has 0 bridgehead atoms. The van der Waals surface area contributed by atoms with E-state index >= 15 is 0 Å². The maximum Gasteiger partial charge on any atom is 0.109 e. The topological polar surface area (TPSA) is 0 Å². The summed E-state index contributed by atoms with van der Waals surface area (Å²) >= 11 is 0. The van der Waals surface area contributed by atoms with E-state index in [1.807, 2.05) is 0 Å². The van der Waals surface area contributed by atoms with Gasteiger partial charge in [-0.1, -0.05) is 65.2 Å². The second-order valence-corrected chi connectivity index (χ2v) is 11.8. The highest BCUT2D eigenvalue weighted by molar-refractivity contribution is 6.96. The van der Waals surface area contributed by atoms with Crippen molar-refractivity contribution >= 4 is 13.3 Å². The Morgan fingerprint density at radius 1 is 0.810 bits per heavy atom. The van der Waals surface area contributed by atoms with Crippen LogP contribution in [0.5, 0.6) is 0 Å². The van der Waals surface area contributed by atoms with Gasteiger partial charge in [0.1, 0.15) is 8.07 Å². The van der Waals surface area contributed by atoms with Crippen LogP contribution in [0, 0.1) is 26.7 Å². The molecule has 1 heteroatoms. The summed E-state index contributed by atoms with van der Waals surface area (Å²) in [5, 5.41) is 3.39. The van der Waals surface area contributed by atoms with E-state index in [0.717, 1.165) is 0 Å². The minimum atomic E-state index is -1.63. The van der Waals surface area contributed by atoms with Gasteiger partial charge in [0.05, 0.1) is 0 Å². The molecular formula is C20H30Si. The van der Waals surface area contributed by atoms with E-state index in [9.17, 15) is 0 Å². The Morgan fingerprint density at radius 2 is 1.29 bits per heavy atom. The molecule has 1 aliphatic carbocycles. The lowest BCUT2D eigenvalue weighted by Gasteiger charge is -2.33. The van der Waals surface area contributed by atoms with E-state index in [1.165, 1.54) is 22.3 Å². The normalized spacial score (nSPS) is 19.8. The van der Waals surface area contributed by atoms with Gasteiger partial charge in [0, 0.05) is 0 Å². The molecule has 0 nitrogen and oxygen atoms in total. The first-order valence-electron chi connectivity index (χ1n) is 8.06. The number of hydrogen-bond acceptors (Lipinski definition) is 0. The molecule has 1 aromatic carbocycles. The van der Waals surface area contributed by atoms with Crippen molar-refractivity contribution in [3.8, 4) is 0 Å². The Kier molecular flexibility index (Phi) is 4.09. The summed E-state index contributed by atoms with van der Waals surface area (Å²) in [5.74, 6) is 0.617. The molecule has 1 aliphatic rings. The molecular weight excluding hydrogens is 268 g/mol. The van der Waals surface area contributed by atoms with Crippen LogP contribution in [0.1, 0.15) is 44.4 Å². The minimum Gasteiger partial charge on any atom is -0.0662 e. The second kappa shape index (κ2) is 5.28. The van der Waals surface area contributed by atoms with Crippen LogP contribution >= 0.6 is 0 Å². The van der Waals surface area contributed by atoms with Gasteiger partial charge in [-0.2, -0.15) is 0 Å². The quantitative estimate of drug-likeness (QED) is 0.644. The predicted molar refractivity (Wildman–Crippen MR) is 98.0 cm³/mol. The number of allylic oxidation sites excluding steroid dienone is 4. The molecule has 0 aromatic heterocycles. The van der Waals surface area contributed by atoms with Crippen LogP contribution in [0.25, 0.3) is 0 Å². The van der Waals surface area contributed by atoms with Crippen LogP contribution in [-0.4, -0.2) is 8.07 Å². The van der Waals surface area contributed by atoms with Gasteiger partial charge in [-0.15, -0.1) is 0 Å². The molecule has 0 fully saturated rings. The number of aryl methyl sites for hydroxylation is 3. The highest BCUT2D eigenvalue weighted by Gasteiger charge is 2.38. The van der Waals surface area contributed by atoms with Crippen LogP contribution in [0.4, 0.5) is 0 Å². The third-order valence-corrected chi connectivity index (χ3v) is 9.81. The molecule has 114 valence electrons. The first-order valence-corrected chi connectivity index (χ1v) is 11.1. The minimum absolute atomic E-state index is 0.617.